The summed E-state index contributed by atoms with van der Waals surface area (Å²) in [5.41, 5.74) is 3.24. The lowest BCUT2D eigenvalue weighted by Gasteiger charge is -2.25. The van der Waals surface area contributed by atoms with E-state index in [1.807, 2.05) is 43.3 Å². The topological polar surface area (TPSA) is 55.3 Å². The molecule has 0 unspecified atom stereocenters. The minimum absolute atomic E-state index is 0.339. The molecule has 146 valence electrons. The van der Waals surface area contributed by atoms with Gasteiger partial charge in [0.2, 0.25) is 0 Å². The van der Waals surface area contributed by atoms with Crippen LogP contribution in [0.1, 0.15) is 26.4 Å². The Morgan fingerprint density at radius 1 is 0.966 bits per heavy atom. The Morgan fingerprint density at radius 3 is 2.10 bits per heavy atom. The van der Waals surface area contributed by atoms with Crippen molar-refractivity contribution in [3.63, 3.8) is 0 Å². The number of rotatable bonds is 6. The van der Waals surface area contributed by atoms with Crippen LogP contribution in [0.5, 0.6) is 0 Å². The number of hydrogen-bond acceptors (Lipinski definition) is 6. The molecular weight excluding hydrogens is 382 g/mol. The highest BCUT2D eigenvalue weighted by Gasteiger charge is 2.22. The van der Waals surface area contributed by atoms with Gasteiger partial charge in [-0.3, -0.25) is 0 Å². The number of hydrogen-bond donors (Lipinski definition) is 0. The highest BCUT2D eigenvalue weighted by Crippen LogP contribution is 2.36. The van der Waals surface area contributed by atoms with Gasteiger partial charge < -0.3 is 9.64 Å². The van der Waals surface area contributed by atoms with Crippen molar-refractivity contribution in [2.24, 2.45) is 0 Å². The molecule has 4 rings (SSSR count). The number of ether oxygens (including phenoxy) is 1. The number of benzene rings is 2. The van der Waals surface area contributed by atoms with Crippen molar-refractivity contribution < 1.29 is 9.53 Å². The van der Waals surface area contributed by atoms with Crippen LogP contribution in [0.2, 0.25) is 0 Å². The van der Waals surface area contributed by atoms with Crippen molar-refractivity contribution in [2.75, 3.05) is 12.0 Å². The van der Waals surface area contributed by atoms with E-state index in [9.17, 15) is 4.79 Å². The van der Waals surface area contributed by atoms with E-state index in [-0.39, 0.29) is 5.97 Å². The summed E-state index contributed by atoms with van der Waals surface area (Å²) in [5, 5.41) is 0.907. The van der Waals surface area contributed by atoms with Crippen LogP contribution in [-0.4, -0.2) is 23.0 Å². The Morgan fingerprint density at radius 2 is 1.55 bits per heavy atom. The molecule has 0 fully saturated rings. The SMILES string of the molecule is COC(=O)c1sc2ncnc(N(Cc3ccccc3)Cc3ccccc3)c2c1C. The van der Waals surface area contributed by atoms with E-state index in [0.717, 1.165) is 21.6 Å². The van der Waals surface area contributed by atoms with E-state index in [4.69, 9.17) is 4.74 Å². The second kappa shape index (κ2) is 8.41. The number of aromatic nitrogens is 2. The Labute approximate surface area is 173 Å². The van der Waals surface area contributed by atoms with Crippen molar-refractivity contribution in [3.8, 4) is 0 Å². The molecule has 0 N–H and O–H groups in total. The molecule has 0 aliphatic rings. The van der Waals surface area contributed by atoms with Gasteiger partial charge in [-0.25, -0.2) is 14.8 Å². The number of anilines is 1. The van der Waals surface area contributed by atoms with E-state index in [1.165, 1.54) is 29.6 Å². The number of thiophene rings is 1. The standard InChI is InChI=1S/C23H21N3O2S/c1-16-19-21(24-15-25-22(19)29-20(16)23(27)28-2)26(13-17-9-5-3-6-10-17)14-18-11-7-4-8-12-18/h3-12,15H,13-14H2,1-2H3. The number of aryl methyl sites for hydroxylation is 1. The third kappa shape index (κ3) is 3.98. The normalized spacial score (nSPS) is 10.8. The first-order valence-electron chi connectivity index (χ1n) is 9.32. The molecule has 5 nitrogen and oxygen atoms in total. The Bertz CT molecular complexity index is 1090. The van der Waals surface area contributed by atoms with Gasteiger partial charge in [0.25, 0.3) is 0 Å². The summed E-state index contributed by atoms with van der Waals surface area (Å²) in [5.74, 6) is 0.487. The molecule has 2 aromatic carbocycles. The quantitative estimate of drug-likeness (QED) is 0.424. The zero-order chi connectivity index (χ0) is 20.2. The van der Waals surface area contributed by atoms with Crippen LogP contribution in [-0.2, 0) is 17.8 Å². The maximum atomic E-state index is 12.2. The van der Waals surface area contributed by atoms with Gasteiger partial charge >= 0.3 is 5.97 Å². The summed E-state index contributed by atoms with van der Waals surface area (Å²) in [4.78, 5) is 24.8. The van der Waals surface area contributed by atoms with Crippen LogP contribution in [0, 0.1) is 6.92 Å². The second-order valence-corrected chi connectivity index (χ2v) is 7.75. The van der Waals surface area contributed by atoms with Crippen LogP contribution in [0.15, 0.2) is 67.0 Å². The molecule has 29 heavy (non-hydrogen) atoms. The zero-order valence-electron chi connectivity index (χ0n) is 16.3. The molecule has 0 radical (unpaired) electrons. The van der Waals surface area contributed by atoms with Crippen LogP contribution in [0.4, 0.5) is 5.82 Å². The Balaban J connectivity index is 1.82. The van der Waals surface area contributed by atoms with Crippen molar-refractivity contribution in [3.05, 3.63) is 88.6 Å². The third-order valence-electron chi connectivity index (χ3n) is 4.81. The van der Waals surface area contributed by atoms with Crippen LogP contribution < -0.4 is 4.90 Å². The number of carbonyl (C=O) groups excluding carboxylic acids is 1. The highest BCUT2D eigenvalue weighted by atomic mass is 32.1. The molecule has 0 saturated carbocycles. The molecule has 4 aromatic rings. The van der Waals surface area contributed by atoms with E-state index in [1.54, 1.807) is 6.33 Å². The van der Waals surface area contributed by atoms with Crippen LogP contribution >= 0.6 is 11.3 Å². The number of fused-ring (bicyclic) bond motifs is 1. The fraction of sp³-hybridized carbons (Fsp3) is 0.174. The predicted octanol–water partition coefficient (Wildman–Crippen LogP) is 4.99. The highest BCUT2D eigenvalue weighted by molar-refractivity contribution is 7.20. The molecule has 0 spiro atoms. The summed E-state index contributed by atoms with van der Waals surface area (Å²) in [7, 11) is 1.40. The first kappa shape index (κ1) is 19.1. The second-order valence-electron chi connectivity index (χ2n) is 6.75. The molecule has 6 heteroatoms. The molecule has 0 saturated heterocycles. The summed E-state index contributed by atoms with van der Waals surface area (Å²) >= 11 is 1.35. The molecule has 0 bridgehead atoms. The first-order chi connectivity index (χ1) is 14.2. The average molecular weight is 404 g/mol. The largest absolute Gasteiger partial charge is 0.465 e. The minimum Gasteiger partial charge on any atom is -0.465 e. The van der Waals surface area contributed by atoms with Crippen LogP contribution in [0.25, 0.3) is 10.2 Å². The zero-order valence-corrected chi connectivity index (χ0v) is 17.1. The van der Waals surface area contributed by atoms with Crippen LogP contribution in [0.3, 0.4) is 0 Å². The monoisotopic (exact) mass is 403 g/mol. The summed E-state index contributed by atoms with van der Waals surface area (Å²) < 4.78 is 4.95. The van der Waals surface area contributed by atoms with Gasteiger partial charge in [-0.1, -0.05) is 60.7 Å². The Hall–Kier alpha value is -3.25. The van der Waals surface area contributed by atoms with Gasteiger partial charge in [-0.2, -0.15) is 0 Å². The lowest BCUT2D eigenvalue weighted by Crippen LogP contribution is -2.23. The van der Waals surface area contributed by atoms with E-state index < -0.39 is 0 Å². The van der Waals surface area contributed by atoms with Gasteiger partial charge in [0.05, 0.1) is 12.5 Å². The minimum atomic E-state index is -0.339. The first-order valence-corrected chi connectivity index (χ1v) is 10.1. The number of carbonyl (C=O) groups is 1. The van der Waals surface area contributed by atoms with E-state index in [0.29, 0.717) is 18.0 Å². The number of methoxy groups -OCH3 is 1. The molecule has 2 aromatic heterocycles. The fourth-order valence-electron chi connectivity index (χ4n) is 3.39. The maximum Gasteiger partial charge on any atom is 0.348 e. The average Bonchev–Trinajstić information content (AvgIpc) is 3.11. The van der Waals surface area contributed by atoms with Crippen molar-refractivity contribution in [1.29, 1.82) is 0 Å². The lowest BCUT2D eigenvalue weighted by atomic mass is 10.1. The van der Waals surface area contributed by atoms with Gasteiger partial charge in [0.1, 0.15) is 21.9 Å². The lowest BCUT2D eigenvalue weighted by molar-refractivity contribution is 0.0605. The summed E-state index contributed by atoms with van der Waals surface area (Å²) in [6.45, 7) is 3.33. The van der Waals surface area contributed by atoms with Gasteiger partial charge in [-0.15, -0.1) is 11.3 Å². The van der Waals surface area contributed by atoms with Crippen molar-refractivity contribution in [2.45, 2.75) is 20.0 Å². The van der Waals surface area contributed by atoms with Crippen molar-refractivity contribution in [1.82, 2.24) is 9.97 Å². The number of nitrogens with zero attached hydrogens (tertiary/aromatic N) is 3. The smallest absolute Gasteiger partial charge is 0.348 e. The van der Waals surface area contributed by atoms with Crippen molar-refractivity contribution >= 4 is 33.3 Å². The fourth-order valence-corrected chi connectivity index (χ4v) is 4.45. The molecule has 0 atom stereocenters. The Kier molecular flexibility index (Phi) is 5.53. The maximum absolute atomic E-state index is 12.2. The summed E-state index contributed by atoms with van der Waals surface area (Å²) in [6, 6.07) is 20.6. The third-order valence-corrected chi connectivity index (χ3v) is 5.99. The van der Waals surface area contributed by atoms with E-state index in [2.05, 4.69) is 39.1 Å². The van der Waals surface area contributed by atoms with E-state index >= 15 is 0 Å². The predicted molar refractivity (Wildman–Crippen MR) is 116 cm³/mol. The summed E-state index contributed by atoms with van der Waals surface area (Å²) in [6.07, 6.45) is 1.57. The van der Waals surface area contributed by atoms with Gasteiger partial charge in [0.15, 0.2) is 0 Å². The molecule has 0 amide bonds. The number of esters is 1. The van der Waals surface area contributed by atoms with Gasteiger partial charge in [0, 0.05) is 13.1 Å². The van der Waals surface area contributed by atoms with Gasteiger partial charge in [-0.05, 0) is 23.6 Å². The molecule has 0 aliphatic carbocycles. The molecule has 0 aliphatic heterocycles. The molecule has 2 heterocycles. The molecular formula is C23H21N3O2S.